The Bertz CT molecular complexity index is 566. The summed E-state index contributed by atoms with van der Waals surface area (Å²) in [6, 6.07) is 15.3. The van der Waals surface area contributed by atoms with Crippen LogP contribution < -0.4 is 5.32 Å². The van der Waals surface area contributed by atoms with Gasteiger partial charge in [0.25, 0.3) is 0 Å². The van der Waals surface area contributed by atoms with Crippen molar-refractivity contribution in [3.05, 3.63) is 71.9 Å². The summed E-state index contributed by atoms with van der Waals surface area (Å²) < 4.78 is 12.7. The third-order valence-corrected chi connectivity index (χ3v) is 3.10. The predicted molar refractivity (Wildman–Crippen MR) is 76.5 cm³/mol. The van der Waals surface area contributed by atoms with Gasteiger partial charge in [-0.3, -0.25) is 4.79 Å². The number of anilines is 1. The molecule has 0 saturated carbocycles. The Morgan fingerprint density at radius 3 is 2.42 bits per heavy atom. The summed E-state index contributed by atoms with van der Waals surface area (Å²) in [5, 5.41) is 4.41. The van der Waals surface area contributed by atoms with Crippen molar-refractivity contribution in [1.29, 1.82) is 0 Å². The van der Waals surface area contributed by atoms with Crippen LogP contribution in [0.25, 0.3) is 0 Å². The van der Waals surface area contributed by atoms with Gasteiger partial charge in [0.15, 0.2) is 0 Å². The number of para-hydroxylation sites is 1. The minimum absolute atomic E-state index is 0.194. The number of carbonyl (C=O) groups excluding carboxylic acids is 1. The number of nitrogens with one attached hydrogen (secondary N) is 1. The summed E-state index contributed by atoms with van der Waals surface area (Å²) in [5.74, 6) is -0.462. The predicted octanol–water partition coefficient (Wildman–Crippen LogP) is 4.07. The number of carbonyl (C=O) groups is 1. The number of hydrogen-bond donors (Lipinski definition) is 1. The smallest absolute Gasteiger partial charge is 0.248 e. The molecule has 0 atom stereocenters. The van der Waals surface area contributed by atoms with Crippen molar-refractivity contribution in [2.24, 2.45) is 0 Å². The zero-order valence-electron chi connectivity index (χ0n) is 10.0. The van der Waals surface area contributed by atoms with E-state index in [-0.39, 0.29) is 11.7 Å². The van der Waals surface area contributed by atoms with Gasteiger partial charge in [0.2, 0.25) is 5.91 Å². The first-order chi connectivity index (χ1) is 9.24. The highest BCUT2D eigenvalue weighted by Gasteiger charge is 1.96. The average molecular weight is 273 g/mol. The maximum atomic E-state index is 12.7. The Hall–Kier alpha value is -2.07. The molecule has 1 amide bonds. The van der Waals surface area contributed by atoms with Gasteiger partial charge in [-0.1, -0.05) is 30.0 Å². The van der Waals surface area contributed by atoms with Gasteiger partial charge >= 0.3 is 0 Å². The van der Waals surface area contributed by atoms with Gasteiger partial charge in [-0.2, -0.15) is 0 Å². The van der Waals surface area contributed by atoms with E-state index in [1.807, 2.05) is 30.3 Å². The van der Waals surface area contributed by atoms with Crippen LogP contribution in [0.3, 0.4) is 0 Å². The number of hydrogen-bond acceptors (Lipinski definition) is 2. The van der Waals surface area contributed by atoms with Crippen LogP contribution >= 0.6 is 11.8 Å². The minimum Gasteiger partial charge on any atom is -0.322 e. The Morgan fingerprint density at radius 1 is 1.05 bits per heavy atom. The first kappa shape index (κ1) is 13.4. The number of benzene rings is 2. The maximum Gasteiger partial charge on any atom is 0.248 e. The van der Waals surface area contributed by atoms with Crippen molar-refractivity contribution >= 4 is 23.4 Å². The summed E-state index contributed by atoms with van der Waals surface area (Å²) >= 11 is 1.36. The second-order valence-corrected chi connectivity index (χ2v) is 4.71. The number of amides is 1. The summed E-state index contributed by atoms with van der Waals surface area (Å²) in [6.45, 7) is 0. The molecule has 2 aromatic carbocycles. The summed E-state index contributed by atoms with van der Waals surface area (Å²) in [6.07, 6.45) is 1.45. The van der Waals surface area contributed by atoms with E-state index in [1.165, 1.54) is 30.0 Å². The lowest BCUT2D eigenvalue weighted by atomic mass is 10.3. The summed E-state index contributed by atoms with van der Waals surface area (Å²) in [5.41, 5.74) is 0.754. The molecule has 1 N–H and O–H groups in total. The van der Waals surface area contributed by atoms with Crippen LogP contribution in [-0.4, -0.2) is 5.91 Å². The van der Waals surface area contributed by atoms with E-state index in [2.05, 4.69) is 5.32 Å². The standard InChI is InChI=1S/C15H12FNOS/c16-12-6-8-14(9-7-12)19-11-10-15(18)17-13-4-2-1-3-5-13/h1-11H,(H,17,18). The second-order valence-electron chi connectivity index (χ2n) is 3.73. The lowest BCUT2D eigenvalue weighted by Crippen LogP contribution is -2.07. The van der Waals surface area contributed by atoms with Crippen LogP contribution in [0.1, 0.15) is 0 Å². The molecular weight excluding hydrogens is 261 g/mol. The quantitative estimate of drug-likeness (QED) is 0.672. The van der Waals surface area contributed by atoms with E-state index in [1.54, 1.807) is 17.5 Å². The molecule has 0 heterocycles. The number of halogens is 1. The molecule has 0 saturated heterocycles. The molecule has 0 aliphatic carbocycles. The lowest BCUT2D eigenvalue weighted by Gasteiger charge is -2.00. The highest BCUT2D eigenvalue weighted by molar-refractivity contribution is 8.02. The molecule has 0 aliphatic heterocycles. The van der Waals surface area contributed by atoms with Crippen molar-refractivity contribution in [3.63, 3.8) is 0 Å². The molecule has 0 aromatic heterocycles. The van der Waals surface area contributed by atoms with Gasteiger partial charge < -0.3 is 5.32 Å². The Labute approximate surface area is 115 Å². The van der Waals surface area contributed by atoms with Gasteiger partial charge in [-0.15, -0.1) is 0 Å². The first-order valence-corrected chi connectivity index (χ1v) is 6.57. The fraction of sp³-hybridized carbons (Fsp3) is 0. The molecule has 0 bridgehead atoms. The number of thioether (sulfide) groups is 1. The summed E-state index contributed by atoms with van der Waals surface area (Å²) in [4.78, 5) is 12.5. The first-order valence-electron chi connectivity index (χ1n) is 5.69. The van der Waals surface area contributed by atoms with E-state index < -0.39 is 0 Å². The highest BCUT2D eigenvalue weighted by atomic mass is 32.2. The Kier molecular flexibility index (Phi) is 4.75. The molecule has 2 rings (SSSR count). The van der Waals surface area contributed by atoms with Gasteiger partial charge in [0.1, 0.15) is 5.82 Å². The average Bonchev–Trinajstić information content (AvgIpc) is 2.42. The normalized spacial score (nSPS) is 10.6. The summed E-state index contributed by atoms with van der Waals surface area (Å²) in [7, 11) is 0. The van der Waals surface area contributed by atoms with Crippen molar-refractivity contribution in [3.8, 4) is 0 Å². The van der Waals surface area contributed by atoms with Crippen molar-refractivity contribution in [2.45, 2.75) is 4.90 Å². The van der Waals surface area contributed by atoms with Gasteiger partial charge in [-0.25, -0.2) is 4.39 Å². The Morgan fingerprint density at radius 2 is 1.74 bits per heavy atom. The van der Waals surface area contributed by atoms with E-state index in [4.69, 9.17) is 0 Å². The zero-order valence-corrected chi connectivity index (χ0v) is 10.9. The molecule has 0 unspecified atom stereocenters. The van der Waals surface area contributed by atoms with Crippen LogP contribution in [0.4, 0.5) is 10.1 Å². The van der Waals surface area contributed by atoms with Crippen LogP contribution in [0, 0.1) is 5.82 Å². The lowest BCUT2D eigenvalue weighted by molar-refractivity contribution is -0.111. The minimum atomic E-state index is -0.268. The van der Waals surface area contributed by atoms with Crippen LogP contribution in [0.2, 0.25) is 0 Å². The molecular formula is C15H12FNOS. The van der Waals surface area contributed by atoms with Crippen LogP contribution in [0.15, 0.2) is 71.0 Å². The SMILES string of the molecule is O=C(C=CSc1ccc(F)cc1)Nc1ccccc1. The van der Waals surface area contributed by atoms with Gasteiger partial charge in [-0.05, 0) is 41.8 Å². The van der Waals surface area contributed by atoms with E-state index in [0.717, 1.165) is 10.6 Å². The fourth-order valence-corrected chi connectivity index (χ4v) is 2.03. The van der Waals surface area contributed by atoms with Gasteiger partial charge in [0, 0.05) is 16.7 Å². The topological polar surface area (TPSA) is 29.1 Å². The van der Waals surface area contributed by atoms with Gasteiger partial charge in [0.05, 0.1) is 0 Å². The van der Waals surface area contributed by atoms with Crippen molar-refractivity contribution < 1.29 is 9.18 Å². The highest BCUT2D eigenvalue weighted by Crippen LogP contribution is 2.19. The number of rotatable bonds is 4. The van der Waals surface area contributed by atoms with Crippen molar-refractivity contribution in [1.82, 2.24) is 0 Å². The molecule has 2 nitrogen and oxygen atoms in total. The molecule has 0 radical (unpaired) electrons. The second kappa shape index (κ2) is 6.75. The van der Waals surface area contributed by atoms with E-state index in [9.17, 15) is 9.18 Å². The largest absolute Gasteiger partial charge is 0.322 e. The molecule has 19 heavy (non-hydrogen) atoms. The molecule has 0 aliphatic rings. The van der Waals surface area contributed by atoms with Crippen LogP contribution in [0.5, 0.6) is 0 Å². The molecule has 96 valence electrons. The zero-order chi connectivity index (χ0) is 13.5. The van der Waals surface area contributed by atoms with Crippen LogP contribution in [-0.2, 0) is 4.79 Å². The molecule has 0 fully saturated rings. The Balaban J connectivity index is 1.85. The fourth-order valence-electron chi connectivity index (χ4n) is 1.39. The maximum absolute atomic E-state index is 12.7. The van der Waals surface area contributed by atoms with E-state index >= 15 is 0 Å². The molecule has 0 spiro atoms. The third kappa shape index (κ3) is 4.60. The van der Waals surface area contributed by atoms with Crippen molar-refractivity contribution in [2.75, 3.05) is 5.32 Å². The molecule has 2 aromatic rings. The molecule has 4 heteroatoms. The third-order valence-electron chi connectivity index (χ3n) is 2.28. The monoisotopic (exact) mass is 273 g/mol. The van der Waals surface area contributed by atoms with E-state index in [0.29, 0.717) is 0 Å².